The molecule has 1 fully saturated rings. The molecule has 18 heavy (non-hydrogen) atoms. The number of nitrogens with zero attached hydrogens (tertiary/aromatic N) is 2. The zero-order chi connectivity index (χ0) is 13.2. The van der Waals surface area contributed by atoms with Crippen LogP contribution in [0.25, 0.3) is 0 Å². The molecule has 0 spiro atoms. The summed E-state index contributed by atoms with van der Waals surface area (Å²) < 4.78 is 26.9. The Morgan fingerprint density at radius 1 is 1.44 bits per heavy atom. The first-order chi connectivity index (χ1) is 8.52. The van der Waals surface area contributed by atoms with Gasteiger partial charge in [0.05, 0.1) is 0 Å². The SMILES string of the molecule is Cc1ncc(C(CN)C2CCCC(F)(F)C2)cn1. The van der Waals surface area contributed by atoms with Crippen molar-refractivity contribution in [3.8, 4) is 0 Å². The van der Waals surface area contributed by atoms with Gasteiger partial charge in [0, 0.05) is 31.2 Å². The number of halogens is 2. The maximum absolute atomic E-state index is 13.5. The Balaban J connectivity index is 2.15. The Morgan fingerprint density at radius 2 is 2.11 bits per heavy atom. The Labute approximate surface area is 106 Å². The van der Waals surface area contributed by atoms with E-state index in [-0.39, 0.29) is 24.7 Å². The lowest BCUT2D eigenvalue weighted by atomic mass is 9.76. The number of hydrogen-bond donors (Lipinski definition) is 1. The van der Waals surface area contributed by atoms with E-state index < -0.39 is 5.92 Å². The molecule has 2 rings (SSSR count). The molecule has 1 aliphatic carbocycles. The van der Waals surface area contributed by atoms with Crippen LogP contribution in [-0.4, -0.2) is 22.4 Å². The van der Waals surface area contributed by atoms with Crippen molar-refractivity contribution in [3.05, 3.63) is 23.8 Å². The van der Waals surface area contributed by atoms with Crippen LogP contribution in [-0.2, 0) is 0 Å². The van der Waals surface area contributed by atoms with Crippen molar-refractivity contribution in [1.82, 2.24) is 9.97 Å². The van der Waals surface area contributed by atoms with Crippen molar-refractivity contribution in [2.45, 2.75) is 44.4 Å². The number of nitrogens with two attached hydrogens (primary N) is 1. The van der Waals surface area contributed by atoms with Gasteiger partial charge in [-0.15, -0.1) is 0 Å². The second-order valence-corrected chi connectivity index (χ2v) is 5.12. The molecule has 5 heteroatoms. The molecule has 1 heterocycles. The molecule has 0 saturated heterocycles. The first-order valence-electron chi connectivity index (χ1n) is 6.38. The second-order valence-electron chi connectivity index (χ2n) is 5.12. The van der Waals surface area contributed by atoms with Crippen LogP contribution in [0.15, 0.2) is 12.4 Å². The van der Waals surface area contributed by atoms with Gasteiger partial charge in [-0.2, -0.15) is 0 Å². The van der Waals surface area contributed by atoms with Crippen molar-refractivity contribution in [1.29, 1.82) is 0 Å². The van der Waals surface area contributed by atoms with Crippen molar-refractivity contribution < 1.29 is 8.78 Å². The Bertz CT molecular complexity index is 392. The fourth-order valence-electron chi connectivity index (χ4n) is 2.75. The van der Waals surface area contributed by atoms with Gasteiger partial charge in [0.15, 0.2) is 0 Å². The summed E-state index contributed by atoms with van der Waals surface area (Å²) >= 11 is 0. The number of alkyl halides is 2. The van der Waals surface area contributed by atoms with Crippen LogP contribution < -0.4 is 5.73 Å². The molecule has 2 unspecified atom stereocenters. The number of rotatable bonds is 3. The van der Waals surface area contributed by atoms with Gasteiger partial charge in [0.25, 0.3) is 0 Å². The molecule has 100 valence electrons. The van der Waals surface area contributed by atoms with E-state index in [1.165, 1.54) is 0 Å². The molecule has 1 aliphatic rings. The first-order valence-corrected chi connectivity index (χ1v) is 6.38. The highest BCUT2D eigenvalue weighted by Gasteiger charge is 2.39. The quantitative estimate of drug-likeness (QED) is 0.903. The van der Waals surface area contributed by atoms with Crippen molar-refractivity contribution in [3.63, 3.8) is 0 Å². The predicted molar refractivity (Wildman–Crippen MR) is 65.5 cm³/mol. The molecule has 1 saturated carbocycles. The lowest BCUT2D eigenvalue weighted by molar-refractivity contribution is -0.0562. The van der Waals surface area contributed by atoms with Gasteiger partial charge in [-0.1, -0.05) is 0 Å². The molecular formula is C13H19F2N3. The smallest absolute Gasteiger partial charge is 0.248 e. The largest absolute Gasteiger partial charge is 0.330 e. The zero-order valence-corrected chi connectivity index (χ0v) is 10.6. The van der Waals surface area contributed by atoms with E-state index in [4.69, 9.17) is 5.73 Å². The van der Waals surface area contributed by atoms with Crippen molar-refractivity contribution >= 4 is 0 Å². The molecule has 0 bridgehead atoms. The van der Waals surface area contributed by atoms with Crippen LogP contribution in [0.5, 0.6) is 0 Å². The summed E-state index contributed by atoms with van der Waals surface area (Å²) in [6.45, 7) is 2.17. The molecule has 2 atom stereocenters. The Morgan fingerprint density at radius 3 is 2.67 bits per heavy atom. The maximum Gasteiger partial charge on any atom is 0.248 e. The van der Waals surface area contributed by atoms with Crippen LogP contribution in [0, 0.1) is 12.8 Å². The maximum atomic E-state index is 13.5. The van der Waals surface area contributed by atoms with Crippen molar-refractivity contribution in [2.24, 2.45) is 11.7 Å². The standard InChI is InChI=1S/C13H19F2N3/c1-9-17-7-11(8-18-9)12(6-16)10-3-2-4-13(14,15)5-10/h7-8,10,12H,2-6,16H2,1H3. The number of aryl methyl sites for hydroxylation is 1. The van der Waals surface area contributed by atoms with Crippen LogP contribution in [0.3, 0.4) is 0 Å². The van der Waals surface area contributed by atoms with Gasteiger partial charge in [-0.25, -0.2) is 18.7 Å². The highest BCUT2D eigenvalue weighted by atomic mass is 19.3. The fraction of sp³-hybridized carbons (Fsp3) is 0.692. The summed E-state index contributed by atoms with van der Waals surface area (Å²) in [4.78, 5) is 8.25. The molecule has 0 amide bonds. The van der Waals surface area contributed by atoms with E-state index in [2.05, 4.69) is 9.97 Å². The molecular weight excluding hydrogens is 236 g/mol. The minimum absolute atomic E-state index is 0.00515. The van der Waals surface area contributed by atoms with Crippen LogP contribution in [0.4, 0.5) is 8.78 Å². The van der Waals surface area contributed by atoms with Gasteiger partial charge in [0.2, 0.25) is 5.92 Å². The Kier molecular flexibility index (Phi) is 3.90. The summed E-state index contributed by atoms with van der Waals surface area (Å²) in [5.74, 6) is -1.98. The monoisotopic (exact) mass is 255 g/mol. The highest BCUT2D eigenvalue weighted by molar-refractivity contribution is 5.14. The third-order valence-electron chi connectivity index (χ3n) is 3.73. The average Bonchev–Trinajstić information content (AvgIpc) is 2.31. The minimum Gasteiger partial charge on any atom is -0.330 e. The van der Waals surface area contributed by atoms with Gasteiger partial charge < -0.3 is 5.73 Å². The predicted octanol–water partition coefficient (Wildman–Crippen LogP) is 2.65. The molecule has 1 aromatic rings. The molecule has 0 radical (unpaired) electrons. The summed E-state index contributed by atoms with van der Waals surface area (Å²) in [7, 11) is 0. The molecule has 3 nitrogen and oxygen atoms in total. The van der Waals surface area contributed by atoms with Gasteiger partial charge in [-0.05, 0) is 37.8 Å². The molecule has 2 N–H and O–H groups in total. The van der Waals surface area contributed by atoms with E-state index in [9.17, 15) is 8.78 Å². The fourth-order valence-corrected chi connectivity index (χ4v) is 2.75. The summed E-state index contributed by atoms with van der Waals surface area (Å²) in [5, 5.41) is 0. The van der Waals surface area contributed by atoms with E-state index in [0.717, 1.165) is 12.0 Å². The molecule has 0 aromatic carbocycles. The van der Waals surface area contributed by atoms with Gasteiger partial charge in [-0.3, -0.25) is 0 Å². The normalized spacial score (nSPS) is 24.8. The number of hydrogen-bond acceptors (Lipinski definition) is 3. The van der Waals surface area contributed by atoms with E-state index in [1.54, 1.807) is 19.3 Å². The lowest BCUT2D eigenvalue weighted by Gasteiger charge is -2.33. The van der Waals surface area contributed by atoms with Crippen LogP contribution in [0.2, 0.25) is 0 Å². The Hall–Kier alpha value is -1.10. The van der Waals surface area contributed by atoms with Crippen molar-refractivity contribution in [2.75, 3.05) is 6.54 Å². The van der Waals surface area contributed by atoms with E-state index in [1.807, 2.05) is 0 Å². The van der Waals surface area contributed by atoms with Gasteiger partial charge in [0.1, 0.15) is 5.82 Å². The third-order valence-corrected chi connectivity index (χ3v) is 3.73. The van der Waals surface area contributed by atoms with Crippen LogP contribution in [0.1, 0.15) is 43.0 Å². The van der Waals surface area contributed by atoms with E-state index in [0.29, 0.717) is 18.8 Å². The molecule has 0 aliphatic heterocycles. The lowest BCUT2D eigenvalue weighted by Crippen LogP contribution is -2.32. The average molecular weight is 255 g/mol. The van der Waals surface area contributed by atoms with Gasteiger partial charge >= 0.3 is 0 Å². The summed E-state index contributed by atoms with van der Waals surface area (Å²) in [6, 6.07) is 0. The second kappa shape index (κ2) is 5.26. The minimum atomic E-state index is -2.54. The zero-order valence-electron chi connectivity index (χ0n) is 10.6. The third kappa shape index (κ3) is 3.02. The number of aromatic nitrogens is 2. The topological polar surface area (TPSA) is 51.8 Å². The highest BCUT2D eigenvalue weighted by Crippen LogP contribution is 2.42. The van der Waals surface area contributed by atoms with Crippen LogP contribution >= 0.6 is 0 Å². The summed E-state index contributed by atoms with van der Waals surface area (Å²) in [5.41, 5.74) is 6.64. The molecule has 1 aromatic heterocycles. The van der Waals surface area contributed by atoms with E-state index >= 15 is 0 Å². The summed E-state index contributed by atoms with van der Waals surface area (Å²) in [6.07, 6.45) is 4.75. The first kappa shape index (κ1) is 13.3.